The molecule has 1 fully saturated rings. The van der Waals surface area contributed by atoms with Gasteiger partial charge in [0.25, 0.3) is 5.56 Å². The number of fused-ring (bicyclic) bond motifs is 1. The average Bonchev–Trinajstić information content (AvgIpc) is 3.15. The average molecular weight is 368 g/mol. The molecule has 0 saturated carbocycles. The molecule has 134 valence electrons. The van der Waals surface area contributed by atoms with Gasteiger partial charge in [0.1, 0.15) is 4.83 Å². The lowest BCUT2D eigenvalue weighted by atomic mass is 10.2. The van der Waals surface area contributed by atoms with Gasteiger partial charge >= 0.3 is 0 Å². The Balaban J connectivity index is 1.34. The van der Waals surface area contributed by atoms with Crippen LogP contribution in [-0.2, 0) is 11.3 Å². The first-order valence-electron chi connectivity index (χ1n) is 8.67. The fourth-order valence-corrected chi connectivity index (χ4v) is 4.02. The normalized spacial score (nSPS) is 15.5. The highest BCUT2D eigenvalue weighted by molar-refractivity contribution is 7.16. The first-order valence-corrected chi connectivity index (χ1v) is 9.55. The first-order chi connectivity index (χ1) is 12.7. The van der Waals surface area contributed by atoms with Gasteiger partial charge in [0.15, 0.2) is 5.78 Å². The number of nitrogens with zero attached hydrogens (tertiary/aromatic N) is 4. The van der Waals surface area contributed by atoms with Crippen molar-refractivity contribution in [2.24, 2.45) is 0 Å². The highest BCUT2D eigenvalue weighted by Gasteiger charge is 2.19. The minimum absolute atomic E-state index is 0.0386. The van der Waals surface area contributed by atoms with E-state index in [0.29, 0.717) is 11.9 Å². The van der Waals surface area contributed by atoms with Gasteiger partial charge in [-0.05, 0) is 23.6 Å². The van der Waals surface area contributed by atoms with E-state index in [4.69, 9.17) is 0 Å². The van der Waals surface area contributed by atoms with Crippen LogP contribution in [0.2, 0.25) is 0 Å². The number of hydrogen-bond donors (Lipinski definition) is 0. The van der Waals surface area contributed by atoms with E-state index in [1.807, 2.05) is 23.6 Å². The zero-order valence-corrected chi connectivity index (χ0v) is 15.2. The minimum atomic E-state index is -0.140. The third-order valence-corrected chi connectivity index (χ3v) is 5.51. The Bertz CT molecular complexity index is 958. The third-order valence-electron chi connectivity index (χ3n) is 4.69. The second-order valence-corrected chi connectivity index (χ2v) is 7.35. The number of rotatable bonds is 5. The molecule has 6 nitrogen and oxygen atoms in total. The number of hydrogen-bond acceptors (Lipinski definition) is 6. The number of carbonyl (C=O) groups excluding carboxylic acids is 1. The number of benzene rings is 1. The number of anilines is 1. The predicted octanol–water partition coefficient (Wildman–Crippen LogP) is 1.85. The molecule has 0 bridgehead atoms. The van der Waals surface area contributed by atoms with Crippen molar-refractivity contribution >= 4 is 33.0 Å². The van der Waals surface area contributed by atoms with Crippen LogP contribution in [0.15, 0.2) is 52.9 Å². The van der Waals surface area contributed by atoms with E-state index in [1.54, 1.807) is 6.07 Å². The van der Waals surface area contributed by atoms with Crippen molar-refractivity contribution in [3.8, 4) is 0 Å². The fourth-order valence-electron chi connectivity index (χ4n) is 3.30. The number of carbonyl (C=O) groups is 1. The summed E-state index contributed by atoms with van der Waals surface area (Å²) in [5.41, 5.74) is 1.08. The van der Waals surface area contributed by atoms with Gasteiger partial charge in [0.05, 0.1) is 24.8 Å². The second-order valence-electron chi connectivity index (χ2n) is 6.45. The van der Waals surface area contributed by atoms with Gasteiger partial charge < -0.3 is 4.90 Å². The molecule has 1 saturated heterocycles. The molecule has 0 radical (unpaired) electrons. The summed E-state index contributed by atoms with van der Waals surface area (Å²) < 4.78 is 1.41. The number of para-hydroxylation sites is 1. The molecule has 1 aliphatic rings. The summed E-state index contributed by atoms with van der Waals surface area (Å²) in [6.07, 6.45) is 1.48. The predicted molar refractivity (Wildman–Crippen MR) is 104 cm³/mol. The monoisotopic (exact) mass is 368 g/mol. The summed E-state index contributed by atoms with van der Waals surface area (Å²) in [7, 11) is 0. The number of Topliss-reactive ketones (excluding diaryl/α,β-unsaturated/α-hetero) is 1. The molecule has 1 aromatic carbocycles. The van der Waals surface area contributed by atoms with Gasteiger partial charge in [-0.25, -0.2) is 4.98 Å². The quantitative estimate of drug-likeness (QED) is 0.688. The zero-order chi connectivity index (χ0) is 17.9. The molecule has 0 atom stereocenters. The maximum absolute atomic E-state index is 12.4. The second kappa shape index (κ2) is 7.39. The molecule has 4 rings (SSSR count). The topological polar surface area (TPSA) is 58.4 Å². The highest BCUT2D eigenvalue weighted by Crippen LogP contribution is 2.16. The fraction of sp³-hybridized carbons (Fsp3) is 0.316. The van der Waals surface area contributed by atoms with Crippen LogP contribution in [0, 0.1) is 0 Å². The lowest BCUT2D eigenvalue weighted by molar-refractivity contribution is -0.120. The molecule has 0 unspecified atom stereocenters. The van der Waals surface area contributed by atoms with E-state index in [0.717, 1.165) is 31.0 Å². The summed E-state index contributed by atoms with van der Waals surface area (Å²) in [5.74, 6) is 0.0386. The van der Waals surface area contributed by atoms with Crippen molar-refractivity contribution in [2.45, 2.75) is 6.54 Å². The van der Waals surface area contributed by atoms with Crippen LogP contribution < -0.4 is 10.5 Å². The van der Waals surface area contributed by atoms with Crippen LogP contribution in [0.3, 0.4) is 0 Å². The Morgan fingerprint density at radius 3 is 2.58 bits per heavy atom. The maximum Gasteiger partial charge on any atom is 0.262 e. The molecule has 3 heterocycles. The molecular weight excluding hydrogens is 348 g/mol. The van der Waals surface area contributed by atoms with E-state index >= 15 is 0 Å². The standard InChI is InChI=1S/C19H20N4O2S/c24-16(13-23-14-20-18-17(19(23)25)6-11-26-18)12-21-7-9-22(10-8-21)15-4-2-1-3-5-15/h1-6,11,14H,7-10,12-13H2. The summed E-state index contributed by atoms with van der Waals surface area (Å²) >= 11 is 1.43. The number of ketones is 1. The Morgan fingerprint density at radius 1 is 1.04 bits per heavy atom. The van der Waals surface area contributed by atoms with E-state index in [1.165, 1.54) is 27.9 Å². The van der Waals surface area contributed by atoms with E-state index in [-0.39, 0.29) is 17.9 Å². The molecule has 0 aliphatic carbocycles. The Hall–Kier alpha value is -2.51. The number of piperazine rings is 1. The van der Waals surface area contributed by atoms with E-state index in [2.05, 4.69) is 26.9 Å². The molecule has 0 spiro atoms. The summed E-state index contributed by atoms with van der Waals surface area (Å²) in [6.45, 7) is 3.95. The Kier molecular flexibility index (Phi) is 4.81. The first kappa shape index (κ1) is 16.9. The van der Waals surface area contributed by atoms with Gasteiger partial charge in [-0.1, -0.05) is 18.2 Å². The molecule has 1 aliphatic heterocycles. The van der Waals surface area contributed by atoms with Gasteiger partial charge in [0.2, 0.25) is 0 Å². The van der Waals surface area contributed by atoms with Crippen molar-refractivity contribution in [3.05, 3.63) is 58.5 Å². The van der Waals surface area contributed by atoms with Crippen LogP contribution in [0.1, 0.15) is 0 Å². The van der Waals surface area contributed by atoms with Crippen LogP contribution in [0.25, 0.3) is 10.2 Å². The largest absolute Gasteiger partial charge is 0.369 e. The number of thiophene rings is 1. The van der Waals surface area contributed by atoms with Crippen LogP contribution in [-0.4, -0.2) is 53.0 Å². The molecule has 26 heavy (non-hydrogen) atoms. The SMILES string of the molecule is O=C(CN1CCN(c2ccccc2)CC1)Cn1cnc2sccc2c1=O. The van der Waals surface area contributed by atoms with Crippen LogP contribution in [0.4, 0.5) is 5.69 Å². The Morgan fingerprint density at radius 2 is 1.81 bits per heavy atom. The van der Waals surface area contributed by atoms with Crippen molar-refractivity contribution in [1.29, 1.82) is 0 Å². The summed E-state index contributed by atoms with van der Waals surface area (Å²) in [5, 5.41) is 2.43. The molecule has 7 heteroatoms. The van der Waals surface area contributed by atoms with Crippen molar-refractivity contribution in [3.63, 3.8) is 0 Å². The maximum atomic E-state index is 12.4. The van der Waals surface area contributed by atoms with Crippen molar-refractivity contribution in [1.82, 2.24) is 14.5 Å². The molecule has 0 N–H and O–H groups in total. The summed E-state index contributed by atoms with van der Waals surface area (Å²) in [6, 6.07) is 12.1. The molecule has 2 aromatic heterocycles. The van der Waals surface area contributed by atoms with Crippen molar-refractivity contribution in [2.75, 3.05) is 37.6 Å². The van der Waals surface area contributed by atoms with Gasteiger partial charge in [0, 0.05) is 31.9 Å². The minimum Gasteiger partial charge on any atom is -0.369 e. The molecule has 3 aromatic rings. The van der Waals surface area contributed by atoms with Crippen LogP contribution >= 0.6 is 11.3 Å². The lowest BCUT2D eigenvalue weighted by Crippen LogP contribution is -2.48. The molecule has 0 amide bonds. The van der Waals surface area contributed by atoms with Gasteiger partial charge in [-0.3, -0.25) is 19.1 Å². The third kappa shape index (κ3) is 3.54. The van der Waals surface area contributed by atoms with E-state index < -0.39 is 0 Å². The van der Waals surface area contributed by atoms with E-state index in [9.17, 15) is 9.59 Å². The summed E-state index contributed by atoms with van der Waals surface area (Å²) in [4.78, 5) is 34.3. The van der Waals surface area contributed by atoms with Crippen molar-refractivity contribution < 1.29 is 4.79 Å². The molecular formula is C19H20N4O2S. The van der Waals surface area contributed by atoms with Crippen LogP contribution in [0.5, 0.6) is 0 Å². The number of aromatic nitrogens is 2. The highest BCUT2D eigenvalue weighted by atomic mass is 32.1. The van der Waals surface area contributed by atoms with Gasteiger partial charge in [-0.15, -0.1) is 11.3 Å². The van der Waals surface area contributed by atoms with Gasteiger partial charge in [-0.2, -0.15) is 0 Å². The Labute approximate surface area is 155 Å². The zero-order valence-electron chi connectivity index (χ0n) is 14.4. The smallest absolute Gasteiger partial charge is 0.262 e. The lowest BCUT2D eigenvalue weighted by Gasteiger charge is -2.35.